The zero-order valence-electron chi connectivity index (χ0n) is 12.7. The molecule has 124 valence electrons. The Hall–Kier alpha value is -1.15. The molecular weight excluding hydrogens is 326 g/mol. The summed E-state index contributed by atoms with van der Waals surface area (Å²) in [5, 5.41) is 11.2. The van der Waals surface area contributed by atoms with Gasteiger partial charge in [-0.05, 0) is 50.4 Å². The zero-order valence-corrected chi connectivity index (χ0v) is 14.3. The van der Waals surface area contributed by atoms with Gasteiger partial charge in [-0.3, -0.25) is 4.79 Å². The van der Waals surface area contributed by atoms with Gasteiger partial charge in [-0.2, -0.15) is 0 Å². The summed E-state index contributed by atoms with van der Waals surface area (Å²) in [6.45, 7) is 4.44. The molecule has 0 spiro atoms. The Labute approximate surface area is 137 Å². The predicted molar refractivity (Wildman–Crippen MR) is 88.7 cm³/mol. The van der Waals surface area contributed by atoms with E-state index >= 15 is 0 Å². The van der Waals surface area contributed by atoms with Gasteiger partial charge in [0, 0.05) is 5.69 Å². The van der Waals surface area contributed by atoms with E-state index < -0.39 is 15.6 Å². The maximum atomic E-state index is 12.5. The standard InChI is InChI=1S/C14H21N3O3S.ClH/c1-3-14(7-4-8-16-14)13(18)17-11-6-5-10(2)12(9-11)21(15,19)20;/h5-6,9,16H,3-4,7-8H2,1-2H3,(H,17,18)(H2,15,19,20);1H. The number of nitrogens with one attached hydrogen (secondary N) is 2. The number of amides is 1. The lowest BCUT2D eigenvalue weighted by Gasteiger charge is -2.26. The van der Waals surface area contributed by atoms with Crippen molar-refractivity contribution in [1.29, 1.82) is 0 Å². The van der Waals surface area contributed by atoms with Crippen LogP contribution in [-0.4, -0.2) is 26.4 Å². The van der Waals surface area contributed by atoms with E-state index in [4.69, 9.17) is 5.14 Å². The predicted octanol–water partition coefficient (Wildman–Crippen LogP) is 1.53. The van der Waals surface area contributed by atoms with Crippen molar-refractivity contribution in [1.82, 2.24) is 5.32 Å². The van der Waals surface area contributed by atoms with Crippen molar-refractivity contribution in [3.63, 3.8) is 0 Å². The first-order valence-corrected chi connectivity index (χ1v) is 8.53. The van der Waals surface area contributed by atoms with Crippen LogP contribution in [0.3, 0.4) is 0 Å². The number of benzene rings is 1. The number of carbonyl (C=O) groups excluding carboxylic acids is 1. The summed E-state index contributed by atoms with van der Waals surface area (Å²) in [7, 11) is -3.80. The number of sulfonamides is 1. The number of halogens is 1. The normalized spacial score (nSPS) is 21.2. The Morgan fingerprint density at radius 1 is 1.45 bits per heavy atom. The van der Waals surface area contributed by atoms with Crippen LogP contribution in [0.15, 0.2) is 23.1 Å². The molecule has 1 aliphatic rings. The highest BCUT2D eigenvalue weighted by molar-refractivity contribution is 7.89. The van der Waals surface area contributed by atoms with Crippen molar-refractivity contribution < 1.29 is 13.2 Å². The quantitative estimate of drug-likeness (QED) is 0.768. The van der Waals surface area contributed by atoms with E-state index in [9.17, 15) is 13.2 Å². The van der Waals surface area contributed by atoms with Gasteiger partial charge in [0.15, 0.2) is 0 Å². The summed E-state index contributed by atoms with van der Waals surface area (Å²) in [5.74, 6) is -0.133. The Kier molecular flexibility index (Phi) is 5.97. The molecule has 0 aliphatic carbocycles. The van der Waals surface area contributed by atoms with Crippen molar-refractivity contribution in [2.24, 2.45) is 5.14 Å². The number of aryl methyl sites for hydroxylation is 1. The van der Waals surface area contributed by atoms with E-state index in [0.717, 1.165) is 19.4 Å². The highest BCUT2D eigenvalue weighted by atomic mass is 35.5. The molecule has 1 saturated heterocycles. The molecule has 1 aromatic carbocycles. The van der Waals surface area contributed by atoms with Crippen LogP contribution in [0, 0.1) is 6.92 Å². The van der Waals surface area contributed by atoms with Gasteiger partial charge >= 0.3 is 0 Å². The summed E-state index contributed by atoms with van der Waals surface area (Å²) in [6, 6.07) is 4.72. The Bertz CT molecular complexity index is 655. The summed E-state index contributed by atoms with van der Waals surface area (Å²) < 4.78 is 23.0. The number of nitrogens with two attached hydrogens (primary N) is 1. The number of primary sulfonamides is 1. The molecular formula is C14H22ClN3O3S. The molecule has 0 saturated carbocycles. The minimum Gasteiger partial charge on any atom is -0.324 e. The summed E-state index contributed by atoms with van der Waals surface area (Å²) >= 11 is 0. The Morgan fingerprint density at radius 2 is 2.14 bits per heavy atom. The number of rotatable bonds is 4. The largest absolute Gasteiger partial charge is 0.324 e. The van der Waals surface area contributed by atoms with E-state index in [1.165, 1.54) is 6.07 Å². The number of hydrogen-bond donors (Lipinski definition) is 3. The second kappa shape index (κ2) is 6.95. The lowest BCUT2D eigenvalue weighted by molar-refractivity contribution is -0.122. The molecule has 1 aromatic rings. The molecule has 4 N–H and O–H groups in total. The van der Waals surface area contributed by atoms with Crippen LogP contribution in [-0.2, 0) is 14.8 Å². The van der Waals surface area contributed by atoms with Crippen LogP contribution in [0.25, 0.3) is 0 Å². The molecule has 0 radical (unpaired) electrons. The molecule has 1 atom stereocenters. The van der Waals surface area contributed by atoms with Crippen molar-refractivity contribution >= 4 is 34.0 Å². The fourth-order valence-corrected chi connectivity index (χ4v) is 3.51. The monoisotopic (exact) mass is 347 g/mol. The average molecular weight is 348 g/mol. The van der Waals surface area contributed by atoms with Crippen LogP contribution in [0.2, 0.25) is 0 Å². The van der Waals surface area contributed by atoms with Crippen LogP contribution >= 0.6 is 12.4 Å². The third-order valence-corrected chi connectivity index (χ3v) is 5.09. The summed E-state index contributed by atoms with van der Waals surface area (Å²) in [5.41, 5.74) is 0.433. The first kappa shape index (κ1) is 18.9. The van der Waals surface area contributed by atoms with E-state index in [-0.39, 0.29) is 23.2 Å². The zero-order chi connectivity index (χ0) is 15.7. The molecule has 1 heterocycles. The van der Waals surface area contributed by atoms with Gasteiger partial charge in [-0.25, -0.2) is 13.6 Å². The van der Waals surface area contributed by atoms with E-state index in [2.05, 4.69) is 10.6 Å². The first-order valence-electron chi connectivity index (χ1n) is 6.98. The highest BCUT2D eigenvalue weighted by Gasteiger charge is 2.39. The average Bonchev–Trinajstić information content (AvgIpc) is 2.89. The molecule has 1 unspecified atom stereocenters. The first-order chi connectivity index (χ1) is 9.78. The van der Waals surface area contributed by atoms with Crippen LogP contribution < -0.4 is 15.8 Å². The minimum atomic E-state index is -3.80. The molecule has 8 heteroatoms. The van der Waals surface area contributed by atoms with E-state index in [1.54, 1.807) is 19.1 Å². The number of carbonyl (C=O) groups is 1. The van der Waals surface area contributed by atoms with E-state index in [0.29, 0.717) is 17.7 Å². The van der Waals surface area contributed by atoms with Crippen molar-refractivity contribution in [3.8, 4) is 0 Å². The van der Waals surface area contributed by atoms with Gasteiger partial charge < -0.3 is 10.6 Å². The van der Waals surface area contributed by atoms with Gasteiger partial charge in [0.05, 0.1) is 10.4 Å². The molecule has 6 nitrogen and oxygen atoms in total. The molecule has 0 aromatic heterocycles. The Balaban J connectivity index is 0.00000242. The molecule has 0 bridgehead atoms. The van der Waals surface area contributed by atoms with Crippen molar-refractivity contribution in [2.45, 2.75) is 43.5 Å². The van der Waals surface area contributed by atoms with Crippen molar-refractivity contribution in [3.05, 3.63) is 23.8 Å². The van der Waals surface area contributed by atoms with Crippen LogP contribution in [0.5, 0.6) is 0 Å². The summed E-state index contributed by atoms with van der Waals surface area (Å²) in [6.07, 6.45) is 2.42. The molecule has 1 amide bonds. The maximum absolute atomic E-state index is 12.5. The lowest BCUT2D eigenvalue weighted by atomic mass is 9.93. The van der Waals surface area contributed by atoms with Gasteiger partial charge in [-0.1, -0.05) is 13.0 Å². The van der Waals surface area contributed by atoms with Gasteiger partial charge in [0.25, 0.3) is 0 Å². The highest BCUT2D eigenvalue weighted by Crippen LogP contribution is 2.26. The number of anilines is 1. The Morgan fingerprint density at radius 3 is 2.64 bits per heavy atom. The van der Waals surface area contributed by atoms with E-state index in [1.807, 2.05) is 6.92 Å². The third-order valence-electron chi connectivity index (χ3n) is 4.03. The third kappa shape index (κ3) is 3.78. The summed E-state index contributed by atoms with van der Waals surface area (Å²) in [4.78, 5) is 12.5. The second-order valence-electron chi connectivity index (χ2n) is 5.45. The molecule has 1 fully saturated rings. The van der Waals surface area contributed by atoms with Gasteiger partial charge in [-0.15, -0.1) is 12.4 Å². The van der Waals surface area contributed by atoms with Crippen LogP contribution in [0.4, 0.5) is 5.69 Å². The topological polar surface area (TPSA) is 101 Å². The fourth-order valence-electron chi connectivity index (χ4n) is 2.70. The second-order valence-corrected chi connectivity index (χ2v) is 6.98. The SMILES string of the molecule is CCC1(C(=O)Nc2ccc(C)c(S(N)(=O)=O)c2)CCCN1.Cl. The van der Waals surface area contributed by atoms with Gasteiger partial charge in [0.1, 0.15) is 0 Å². The molecule has 1 aliphatic heterocycles. The smallest absolute Gasteiger partial charge is 0.244 e. The van der Waals surface area contributed by atoms with Crippen molar-refractivity contribution in [2.75, 3.05) is 11.9 Å². The minimum absolute atomic E-state index is 0. The van der Waals surface area contributed by atoms with Crippen LogP contribution in [0.1, 0.15) is 31.7 Å². The molecule has 2 rings (SSSR count). The fraction of sp³-hybridized carbons (Fsp3) is 0.500. The maximum Gasteiger partial charge on any atom is 0.244 e. The lowest BCUT2D eigenvalue weighted by Crippen LogP contribution is -2.50. The molecule has 22 heavy (non-hydrogen) atoms. The number of hydrogen-bond acceptors (Lipinski definition) is 4. The van der Waals surface area contributed by atoms with Gasteiger partial charge in [0.2, 0.25) is 15.9 Å².